The molecule has 0 saturated heterocycles. The molecule has 0 fully saturated rings. The number of halogens is 1. The van der Waals surface area contributed by atoms with Gasteiger partial charge in [0, 0.05) is 21.8 Å². The van der Waals surface area contributed by atoms with E-state index in [2.05, 4.69) is 25.2 Å². The molecule has 2 aromatic rings. The third-order valence-corrected chi connectivity index (χ3v) is 4.19. The maximum absolute atomic E-state index is 12.2. The highest BCUT2D eigenvalue weighted by Crippen LogP contribution is 2.36. The van der Waals surface area contributed by atoms with Gasteiger partial charge in [-0.2, -0.15) is 0 Å². The molecular weight excluding hydrogens is 310 g/mol. The highest BCUT2D eigenvalue weighted by Gasteiger charge is 2.24. The standard InChI is InChI=1S/C19H18ClNO2/c1-11(2)14-8-12(4-7-18(14)23-3)9-16-15-10-13(20)5-6-17(15)21-19(16)22/h4-11H,1-3H3,(H,21,22). The number of rotatable bonds is 3. The zero-order valence-electron chi connectivity index (χ0n) is 13.3. The van der Waals surface area contributed by atoms with Crippen molar-refractivity contribution >= 4 is 34.8 Å². The first-order valence-electron chi connectivity index (χ1n) is 7.50. The Bertz CT molecular complexity index is 809. The van der Waals surface area contributed by atoms with Gasteiger partial charge in [0.25, 0.3) is 5.91 Å². The molecule has 0 saturated carbocycles. The molecule has 3 nitrogen and oxygen atoms in total. The van der Waals surface area contributed by atoms with E-state index in [0.29, 0.717) is 16.5 Å². The van der Waals surface area contributed by atoms with Crippen LogP contribution in [0.15, 0.2) is 36.4 Å². The van der Waals surface area contributed by atoms with Crippen molar-refractivity contribution in [2.45, 2.75) is 19.8 Å². The first-order valence-corrected chi connectivity index (χ1v) is 7.88. The molecule has 1 amide bonds. The lowest BCUT2D eigenvalue weighted by Crippen LogP contribution is -2.03. The number of hydrogen-bond acceptors (Lipinski definition) is 2. The van der Waals surface area contributed by atoms with Crippen molar-refractivity contribution < 1.29 is 9.53 Å². The maximum atomic E-state index is 12.2. The molecule has 0 radical (unpaired) electrons. The molecule has 0 aromatic heterocycles. The highest BCUT2D eigenvalue weighted by atomic mass is 35.5. The van der Waals surface area contributed by atoms with Gasteiger partial charge in [-0.05, 0) is 53.5 Å². The van der Waals surface area contributed by atoms with E-state index in [1.807, 2.05) is 30.3 Å². The predicted molar refractivity (Wildman–Crippen MR) is 95.0 cm³/mol. The number of carbonyl (C=O) groups excluding carboxylic acids is 1. The van der Waals surface area contributed by atoms with Crippen LogP contribution in [0.5, 0.6) is 5.75 Å². The van der Waals surface area contributed by atoms with Crippen molar-refractivity contribution in [1.82, 2.24) is 0 Å². The molecular formula is C19H18ClNO2. The number of methoxy groups -OCH3 is 1. The number of nitrogens with one attached hydrogen (secondary N) is 1. The van der Waals surface area contributed by atoms with E-state index in [1.165, 1.54) is 0 Å². The summed E-state index contributed by atoms with van der Waals surface area (Å²) >= 11 is 6.06. The van der Waals surface area contributed by atoms with E-state index in [9.17, 15) is 4.79 Å². The Morgan fingerprint density at radius 1 is 1.17 bits per heavy atom. The summed E-state index contributed by atoms with van der Waals surface area (Å²) in [6.45, 7) is 4.23. The number of hydrogen-bond donors (Lipinski definition) is 1. The Labute approximate surface area is 140 Å². The first kappa shape index (κ1) is 15.6. The second kappa shape index (κ2) is 6.09. The normalized spacial score (nSPS) is 15.0. The minimum absolute atomic E-state index is 0.107. The van der Waals surface area contributed by atoms with Crippen molar-refractivity contribution in [3.63, 3.8) is 0 Å². The Hall–Kier alpha value is -2.26. The molecule has 23 heavy (non-hydrogen) atoms. The molecule has 1 N–H and O–H groups in total. The summed E-state index contributed by atoms with van der Waals surface area (Å²) in [5, 5.41) is 3.48. The molecule has 118 valence electrons. The van der Waals surface area contributed by atoms with E-state index in [0.717, 1.165) is 28.1 Å². The minimum Gasteiger partial charge on any atom is -0.496 e. The lowest BCUT2D eigenvalue weighted by molar-refractivity contribution is -0.110. The topological polar surface area (TPSA) is 38.3 Å². The zero-order valence-corrected chi connectivity index (χ0v) is 14.1. The number of benzene rings is 2. The fourth-order valence-corrected chi connectivity index (χ4v) is 2.94. The SMILES string of the molecule is COc1ccc(C=C2C(=O)Nc3ccc(Cl)cc32)cc1C(C)C. The zero-order chi connectivity index (χ0) is 16.6. The van der Waals surface area contributed by atoms with Gasteiger partial charge in [0.1, 0.15) is 5.75 Å². The molecule has 3 rings (SSSR count). The maximum Gasteiger partial charge on any atom is 0.256 e. The van der Waals surface area contributed by atoms with Crippen LogP contribution in [0.2, 0.25) is 5.02 Å². The molecule has 1 heterocycles. The Balaban J connectivity index is 2.08. The van der Waals surface area contributed by atoms with Gasteiger partial charge in [0.05, 0.1) is 7.11 Å². The van der Waals surface area contributed by atoms with Crippen LogP contribution in [0.3, 0.4) is 0 Å². The number of ether oxygens (including phenoxy) is 1. The smallest absolute Gasteiger partial charge is 0.256 e. The van der Waals surface area contributed by atoms with Crippen LogP contribution in [0.4, 0.5) is 5.69 Å². The number of amides is 1. The summed E-state index contributed by atoms with van der Waals surface area (Å²) in [7, 11) is 1.67. The van der Waals surface area contributed by atoms with Gasteiger partial charge in [-0.15, -0.1) is 0 Å². The summed E-state index contributed by atoms with van der Waals surface area (Å²) in [4.78, 5) is 12.2. The van der Waals surface area contributed by atoms with Gasteiger partial charge >= 0.3 is 0 Å². The van der Waals surface area contributed by atoms with Crippen LogP contribution < -0.4 is 10.1 Å². The first-order chi connectivity index (χ1) is 11.0. The van der Waals surface area contributed by atoms with E-state index in [4.69, 9.17) is 16.3 Å². The molecule has 0 atom stereocenters. The molecule has 1 aliphatic heterocycles. The Morgan fingerprint density at radius 3 is 2.65 bits per heavy atom. The summed E-state index contributed by atoms with van der Waals surface area (Å²) in [6.07, 6.45) is 1.89. The van der Waals surface area contributed by atoms with E-state index in [-0.39, 0.29) is 5.91 Å². The summed E-state index contributed by atoms with van der Waals surface area (Å²) in [5.74, 6) is 1.09. The van der Waals surface area contributed by atoms with Gasteiger partial charge < -0.3 is 10.1 Å². The second-order valence-electron chi connectivity index (χ2n) is 5.86. The van der Waals surface area contributed by atoms with Crippen molar-refractivity contribution in [3.05, 3.63) is 58.1 Å². The van der Waals surface area contributed by atoms with Crippen LogP contribution in [0.25, 0.3) is 11.6 Å². The Morgan fingerprint density at radius 2 is 1.96 bits per heavy atom. The highest BCUT2D eigenvalue weighted by molar-refractivity contribution is 6.36. The van der Waals surface area contributed by atoms with Crippen molar-refractivity contribution in [2.75, 3.05) is 12.4 Å². The average Bonchev–Trinajstić information content (AvgIpc) is 2.83. The Kier molecular flexibility index (Phi) is 4.14. The third-order valence-electron chi connectivity index (χ3n) is 3.95. The van der Waals surface area contributed by atoms with Crippen LogP contribution in [0.1, 0.15) is 36.5 Å². The summed E-state index contributed by atoms with van der Waals surface area (Å²) < 4.78 is 5.41. The molecule has 1 aliphatic rings. The largest absolute Gasteiger partial charge is 0.496 e. The van der Waals surface area contributed by atoms with E-state index < -0.39 is 0 Å². The third kappa shape index (κ3) is 2.97. The van der Waals surface area contributed by atoms with Crippen molar-refractivity contribution in [3.8, 4) is 5.75 Å². The number of anilines is 1. The van der Waals surface area contributed by atoms with Crippen LogP contribution >= 0.6 is 11.6 Å². The quantitative estimate of drug-likeness (QED) is 0.809. The van der Waals surface area contributed by atoms with E-state index in [1.54, 1.807) is 13.2 Å². The van der Waals surface area contributed by atoms with Gasteiger partial charge in [-0.25, -0.2) is 0 Å². The molecule has 2 aromatic carbocycles. The fraction of sp³-hybridized carbons (Fsp3) is 0.211. The monoisotopic (exact) mass is 327 g/mol. The molecule has 4 heteroatoms. The lowest BCUT2D eigenvalue weighted by atomic mass is 9.97. The average molecular weight is 328 g/mol. The number of carbonyl (C=O) groups is 1. The summed E-state index contributed by atoms with van der Waals surface area (Å²) in [5.41, 5.74) is 4.34. The molecule has 0 aliphatic carbocycles. The number of fused-ring (bicyclic) bond motifs is 1. The van der Waals surface area contributed by atoms with Crippen LogP contribution in [-0.2, 0) is 4.79 Å². The van der Waals surface area contributed by atoms with Gasteiger partial charge in [0.15, 0.2) is 0 Å². The minimum atomic E-state index is -0.107. The second-order valence-corrected chi connectivity index (χ2v) is 6.29. The van der Waals surface area contributed by atoms with Crippen molar-refractivity contribution in [1.29, 1.82) is 0 Å². The van der Waals surface area contributed by atoms with Crippen molar-refractivity contribution in [2.24, 2.45) is 0 Å². The fourth-order valence-electron chi connectivity index (χ4n) is 2.76. The van der Waals surface area contributed by atoms with Gasteiger partial charge in [-0.1, -0.05) is 31.5 Å². The predicted octanol–water partition coefficient (Wildman–Crippen LogP) is 4.96. The lowest BCUT2D eigenvalue weighted by Gasteiger charge is -2.12. The van der Waals surface area contributed by atoms with Crippen LogP contribution in [-0.4, -0.2) is 13.0 Å². The summed E-state index contributed by atoms with van der Waals surface area (Å²) in [6, 6.07) is 11.4. The van der Waals surface area contributed by atoms with Gasteiger partial charge in [0.2, 0.25) is 0 Å². The molecule has 0 bridgehead atoms. The van der Waals surface area contributed by atoms with Crippen LogP contribution in [0, 0.1) is 0 Å². The van der Waals surface area contributed by atoms with E-state index >= 15 is 0 Å². The molecule has 0 spiro atoms. The van der Waals surface area contributed by atoms with Gasteiger partial charge in [-0.3, -0.25) is 4.79 Å². The molecule has 0 unspecified atom stereocenters.